The molecule has 2 aromatic heterocycles. The Morgan fingerprint density at radius 2 is 1.00 bits per heavy atom. The number of nitrogens with zero attached hydrogens (tertiary/aromatic N) is 4. The van der Waals surface area contributed by atoms with Crippen molar-refractivity contribution in [3.8, 4) is 11.1 Å². The van der Waals surface area contributed by atoms with Crippen LogP contribution < -0.4 is 0 Å². The maximum atomic E-state index is 4.49. The summed E-state index contributed by atoms with van der Waals surface area (Å²) in [6.45, 7) is 1.28. The van der Waals surface area contributed by atoms with Crippen LogP contribution in [0.5, 0.6) is 0 Å². The van der Waals surface area contributed by atoms with E-state index < -0.39 is 0 Å². The van der Waals surface area contributed by atoms with Gasteiger partial charge in [-0.3, -0.25) is 20.0 Å². The fourth-order valence-electron chi connectivity index (χ4n) is 3.02. The second kappa shape index (κ2) is 10.0. The monoisotopic (exact) mass is 390 g/mol. The van der Waals surface area contributed by atoms with Gasteiger partial charge in [-0.05, 0) is 45.5 Å². The zero-order valence-corrected chi connectivity index (χ0v) is 16.6. The lowest BCUT2D eigenvalue weighted by Gasteiger charge is -2.03. The Balaban J connectivity index is 1.34. The fraction of sp³-hybridized carbons (Fsp3) is 0.0769. The molecule has 30 heavy (non-hydrogen) atoms. The van der Waals surface area contributed by atoms with E-state index in [4.69, 9.17) is 0 Å². The van der Waals surface area contributed by atoms with Crippen LogP contribution in [0.15, 0.2) is 108 Å². The number of hydrogen-bond donors (Lipinski definition) is 0. The van der Waals surface area contributed by atoms with Crippen LogP contribution in [0.1, 0.15) is 22.3 Å². The van der Waals surface area contributed by atoms with E-state index in [1.54, 1.807) is 12.4 Å². The summed E-state index contributed by atoms with van der Waals surface area (Å²) in [5, 5.41) is 0. The highest BCUT2D eigenvalue weighted by molar-refractivity contribution is 5.82. The van der Waals surface area contributed by atoms with E-state index in [1.807, 2.05) is 49.1 Å². The highest BCUT2D eigenvalue weighted by Gasteiger charge is 1.98. The third-order valence-electron chi connectivity index (χ3n) is 4.63. The van der Waals surface area contributed by atoms with E-state index in [-0.39, 0.29) is 0 Å². The molecule has 0 atom stereocenters. The van der Waals surface area contributed by atoms with Crippen LogP contribution in [-0.4, -0.2) is 22.4 Å². The molecule has 4 heteroatoms. The van der Waals surface area contributed by atoms with Gasteiger partial charge in [-0.2, -0.15) is 0 Å². The Morgan fingerprint density at radius 3 is 1.37 bits per heavy atom. The molecule has 4 nitrogen and oxygen atoms in total. The maximum Gasteiger partial charge on any atom is 0.0654 e. The SMILES string of the molecule is C(=NCc1cccnc1)c1ccc(-c2ccc(C=NCc3cccnc3)cc2)cc1. The zero-order chi connectivity index (χ0) is 20.4. The van der Waals surface area contributed by atoms with E-state index in [1.165, 1.54) is 11.1 Å². The molecule has 0 saturated carbocycles. The summed E-state index contributed by atoms with van der Waals surface area (Å²) in [4.78, 5) is 17.2. The fourth-order valence-corrected chi connectivity index (χ4v) is 3.02. The van der Waals surface area contributed by atoms with Gasteiger partial charge in [0.2, 0.25) is 0 Å². The quantitative estimate of drug-likeness (QED) is 0.398. The lowest BCUT2D eigenvalue weighted by atomic mass is 10.0. The predicted molar refractivity (Wildman–Crippen MR) is 123 cm³/mol. The second-order valence-corrected chi connectivity index (χ2v) is 6.91. The zero-order valence-electron chi connectivity index (χ0n) is 16.6. The first-order valence-corrected chi connectivity index (χ1v) is 9.85. The molecule has 4 rings (SSSR count). The molecular formula is C26H22N4. The standard InChI is InChI=1S/C26H22N4/c1-3-23(17-27-13-1)19-29-15-21-5-9-25(10-6-21)26-11-7-22(8-12-26)16-30-20-24-4-2-14-28-18-24/h1-18H,19-20H2. The lowest BCUT2D eigenvalue weighted by molar-refractivity contribution is 1.05. The molecule has 0 aliphatic carbocycles. The minimum absolute atomic E-state index is 0.638. The molecule has 4 aromatic rings. The van der Waals surface area contributed by atoms with Crippen LogP contribution in [0.3, 0.4) is 0 Å². The topological polar surface area (TPSA) is 50.5 Å². The normalized spacial score (nSPS) is 11.3. The van der Waals surface area contributed by atoms with Crippen molar-refractivity contribution in [3.05, 3.63) is 120 Å². The summed E-state index contributed by atoms with van der Waals surface area (Å²) < 4.78 is 0. The van der Waals surface area contributed by atoms with Crippen LogP contribution in [0.4, 0.5) is 0 Å². The van der Waals surface area contributed by atoms with Crippen LogP contribution in [0.25, 0.3) is 11.1 Å². The summed E-state index contributed by atoms with van der Waals surface area (Å²) in [5.41, 5.74) is 6.74. The first-order valence-electron chi connectivity index (χ1n) is 9.85. The number of pyridine rings is 2. The molecule has 0 aliphatic heterocycles. The van der Waals surface area contributed by atoms with Gasteiger partial charge in [-0.15, -0.1) is 0 Å². The average molecular weight is 390 g/mol. The summed E-state index contributed by atoms with van der Waals surface area (Å²) in [6, 6.07) is 24.8. The van der Waals surface area contributed by atoms with E-state index in [0.717, 1.165) is 22.3 Å². The highest BCUT2D eigenvalue weighted by Crippen LogP contribution is 2.20. The molecule has 2 aromatic carbocycles. The molecule has 0 unspecified atom stereocenters. The minimum atomic E-state index is 0.638. The first kappa shape index (κ1) is 19.4. The number of aromatic nitrogens is 2. The molecule has 146 valence electrons. The van der Waals surface area contributed by atoms with Gasteiger partial charge < -0.3 is 0 Å². The van der Waals surface area contributed by atoms with Gasteiger partial charge in [0.05, 0.1) is 13.1 Å². The van der Waals surface area contributed by atoms with Gasteiger partial charge in [-0.1, -0.05) is 60.7 Å². The van der Waals surface area contributed by atoms with E-state index >= 15 is 0 Å². The van der Waals surface area contributed by atoms with Gasteiger partial charge >= 0.3 is 0 Å². The number of benzene rings is 2. The summed E-state index contributed by atoms with van der Waals surface area (Å²) in [6.07, 6.45) is 11.0. The van der Waals surface area contributed by atoms with E-state index in [2.05, 4.69) is 68.5 Å². The van der Waals surface area contributed by atoms with E-state index in [0.29, 0.717) is 13.1 Å². The van der Waals surface area contributed by atoms with Crippen molar-refractivity contribution >= 4 is 12.4 Å². The van der Waals surface area contributed by atoms with Crippen LogP contribution in [0, 0.1) is 0 Å². The third kappa shape index (κ3) is 5.55. The minimum Gasteiger partial charge on any atom is -0.288 e. The Kier molecular flexibility index (Phi) is 6.48. The van der Waals surface area contributed by atoms with Gasteiger partial charge in [0, 0.05) is 37.2 Å². The third-order valence-corrected chi connectivity index (χ3v) is 4.63. The highest BCUT2D eigenvalue weighted by atomic mass is 14.7. The largest absolute Gasteiger partial charge is 0.288 e. The molecule has 0 amide bonds. The Labute approximate surface area is 176 Å². The molecule has 0 bridgehead atoms. The van der Waals surface area contributed by atoms with Gasteiger partial charge in [0.25, 0.3) is 0 Å². The van der Waals surface area contributed by atoms with Gasteiger partial charge in [0.1, 0.15) is 0 Å². The van der Waals surface area contributed by atoms with Crippen molar-refractivity contribution in [2.75, 3.05) is 0 Å². The van der Waals surface area contributed by atoms with E-state index in [9.17, 15) is 0 Å². The lowest BCUT2D eigenvalue weighted by Crippen LogP contribution is -1.87. The molecule has 0 N–H and O–H groups in total. The molecule has 0 aliphatic rings. The smallest absolute Gasteiger partial charge is 0.0654 e. The van der Waals surface area contributed by atoms with Crippen LogP contribution in [0.2, 0.25) is 0 Å². The van der Waals surface area contributed by atoms with Gasteiger partial charge in [-0.25, -0.2) is 0 Å². The van der Waals surface area contributed by atoms with Crippen LogP contribution >= 0.6 is 0 Å². The van der Waals surface area contributed by atoms with Crippen LogP contribution in [-0.2, 0) is 13.1 Å². The Morgan fingerprint density at radius 1 is 0.567 bits per heavy atom. The number of aliphatic imine (C=N–C) groups is 2. The summed E-state index contributed by atoms with van der Waals surface area (Å²) in [5.74, 6) is 0. The van der Waals surface area contributed by atoms with Crippen molar-refractivity contribution in [3.63, 3.8) is 0 Å². The maximum absolute atomic E-state index is 4.49. The molecule has 0 radical (unpaired) electrons. The molecular weight excluding hydrogens is 368 g/mol. The first-order chi connectivity index (χ1) is 14.9. The summed E-state index contributed by atoms with van der Waals surface area (Å²) >= 11 is 0. The molecule has 2 heterocycles. The average Bonchev–Trinajstić information content (AvgIpc) is 2.82. The number of hydrogen-bond acceptors (Lipinski definition) is 4. The second-order valence-electron chi connectivity index (χ2n) is 6.91. The van der Waals surface area contributed by atoms with Gasteiger partial charge in [0.15, 0.2) is 0 Å². The molecule has 0 spiro atoms. The Bertz CT molecular complexity index is 1010. The van der Waals surface area contributed by atoms with Crippen molar-refractivity contribution in [1.82, 2.24) is 9.97 Å². The van der Waals surface area contributed by atoms with Crippen molar-refractivity contribution in [2.24, 2.45) is 9.98 Å². The van der Waals surface area contributed by atoms with Crippen molar-refractivity contribution in [1.29, 1.82) is 0 Å². The van der Waals surface area contributed by atoms with Crippen molar-refractivity contribution < 1.29 is 0 Å². The molecule has 0 saturated heterocycles. The summed E-state index contributed by atoms with van der Waals surface area (Å²) in [7, 11) is 0. The van der Waals surface area contributed by atoms with Crippen molar-refractivity contribution in [2.45, 2.75) is 13.1 Å². The number of rotatable bonds is 7. The molecule has 0 fully saturated rings. The Hall–Kier alpha value is -3.92. The predicted octanol–water partition coefficient (Wildman–Crippen LogP) is 5.38.